The van der Waals surface area contributed by atoms with E-state index in [4.69, 9.17) is 9.15 Å². The summed E-state index contributed by atoms with van der Waals surface area (Å²) in [5, 5.41) is 2.84. The summed E-state index contributed by atoms with van der Waals surface area (Å²) in [6, 6.07) is 22.5. The van der Waals surface area contributed by atoms with E-state index in [1.165, 1.54) is 5.56 Å². The Balaban J connectivity index is 1.52. The van der Waals surface area contributed by atoms with Gasteiger partial charge in [0.15, 0.2) is 5.76 Å². The van der Waals surface area contributed by atoms with Gasteiger partial charge in [-0.3, -0.25) is 4.79 Å². The summed E-state index contributed by atoms with van der Waals surface area (Å²) in [5.41, 5.74) is 1.18. The number of para-hydroxylation sites is 1. The zero-order chi connectivity index (χ0) is 15.9. The molecule has 0 saturated carbocycles. The first kappa shape index (κ1) is 14.9. The second-order valence-corrected chi connectivity index (χ2v) is 5.03. The smallest absolute Gasteiger partial charge is 0.290 e. The van der Waals surface area contributed by atoms with Gasteiger partial charge in [-0.25, -0.2) is 0 Å². The van der Waals surface area contributed by atoms with Crippen LogP contribution in [0.3, 0.4) is 0 Å². The van der Waals surface area contributed by atoms with Crippen LogP contribution in [0.2, 0.25) is 0 Å². The van der Waals surface area contributed by atoms with Gasteiger partial charge in [-0.2, -0.15) is 0 Å². The van der Waals surface area contributed by atoms with Crippen LogP contribution in [0.1, 0.15) is 16.1 Å². The molecule has 0 fully saturated rings. The highest BCUT2D eigenvalue weighted by Crippen LogP contribution is 2.23. The minimum absolute atomic E-state index is 0.240. The number of carbonyl (C=O) groups excluding carboxylic acids is 1. The summed E-state index contributed by atoms with van der Waals surface area (Å²) in [4.78, 5) is 12.0. The number of rotatable bonds is 6. The van der Waals surface area contributed by atoms with Gasteiger partial charge in [0.05, 0.1) is 0 Å². The van der Waals surface area contributed by atoms with Gasteiger partial charge in [0.2, 0.25) is 0 Å². The lowest BCUT2D eigenvalue weighted by Gasteiger charge is -2.04. The third-order valence-corrected chi connectivity index (χ3v) is 3.31. The highest BCUT2D eigenvalue weighted by atomic mass is 16.6. The molecule has 0 bridgehead atoms. The second-order valence-electron chi connectivity index (χ2n) is 5.03. The zero-order valence-electron chi connectivity index (χ0n) is 12.6. The second kappa shape index (κ2) is 7.31. The first-order valence-electron chi connectivity index (χ1n) is 7.46. The molecule has 0 aliphatic rings. The van der Waals surface area contributed by atoms with Crippen LogP contribution in [0.5, 0.6) is 11.7 Å². The van der Waals surface area contributed by atoms with Gasteiger partial charge in [0, 0.05) is 12.6 Å². The molecule has 23 heavy (non-hydrogen) atoms. The van der Waals surface area contributed by atoms with Crippen LogP contribution in [0.25, 0.3) is 0 Å². The van der Waals surface area contributed by atoms with E-state index in [-0.39, 0.29) is 11.7 Å². The third-order valence-electron chi connectivity index (χ3n) is 3.31. The van der Waals surface area contributed by atoms with Crippen LogP contribution in [-0.4, -0.2) is 12.5 Å². The van der Waals surface area contributed by atoms with Crippen LogP contribution in [-0.2, 0) is 6.42 Å². The summed E-state index contributed by atoms with van der Waals surface area (Å²) in [6.45, 7) is 0.554. The fraction of sp³-hybridized carbons (Fsp3) is 0.105. The number of nitrogens with one attached hydrogen (secondary N) is 1. The number of carbonyl (C=O) groups is 1. The lowest BCUT2D eigenvalue weighted by Crippen LogP contribution is -2.25. The number of furan rings is 1. The van der Waals surface area contributed by atoms with Crippen LogP contribution >= 0.6 is 0 Å². The SMILES string of the molecule is O=C(NCCc1ccccc1)c1ccc(Oc2ccccc2)o1. The van der Waals surface area contributed by atoms with Crippen molar-refractivity contribution in [3.05, 3.63) is 84.1 Å². The minimum atomic E-state index is -0.246. The molecule has 2 aromatic carbocycles. The predicted molar refractivity (Wildman–Crippen MR) is 87.7 cm³/mol. The number of benzene rings is 2. The van der Waals surface area contributed by atoms with E-state index in [0.717, 1.165) is 6.42 Å². The Kier molecular flexibility index (Phi) is 4.74. The Morgan fingerprint density at radius 1 is 0.913 bits per heavy atom. The van der Waals surface area contributed by atoms with Crippen LogP contribution < -0.4 is 10.1 Å². The largest absolute Gasteiger partial charge is 0.426 e. The maximum Gasteiger partial charge on any atom is 0.290 e. The van der Waals surface area contributed by atoms with Crippen LogP contribution in [0, 0.1) is 0 Å². The van der Waals surface area contributed by atoms with Crippen LogP contribution in [0.4, 0.5) is 0 Å². The number of amides is 1. The number of hydrogen-bond acceptors (Lipinski definition) is 3. The minimum Gasteiger partial charge on any atom is -0.426 e. The predicted octanol–water partition coefficient (Wildman–Crippen LogP) is 4.04. The maximum atomic E-state index is 12.0. The molecule has 1 aromatic heterocycles. The van der Waals surface area contributed by atoms with E-state index in [1.807, 2.05) is 60.7 Å². The Labute approximate surface area is 134 Å². The lowest BCUT2D eigenvalue weighted by atomic mass is 10.1. The molecule has 0 atom stereocenters. The molecule has 0 saturated heterocycles. The molecule has 0 unspecified atom stereocenters. The molecule has 0 aliphatic heterocycles. The summed E-state index contributed by atoms with van der Waals surface area (Å²) in [5.74, 6) is 0.954. The van der Waals surface area contributed by atoms with E-state index in [9.17, 15) is 4.79 Å². The van der Waals surface area contributed by atoms with Crippen molar-refractivity contribution in [2.45, 2.75) is 6.42 Å². The molecule has 1 N–H and O–H groups in total. The molecule has 116 valence electrons. The van der Waals surface area contributed by atoms with E-state index in [1.54, 1.807) is 12.1 Å². The highest BCUT2D eigenvalue weighted by molar-refractivity contribution is 5.91. The molecule has 3 aromatic rings. The molecule has 1 amide bonds. The first-order chi connectivity index (χ1) is 11.3. The molecule has 0 radical (unpaired) electrons. The average molecular weight is 307 g/mol. The van der Waals surface area contributed by atoms with Gasteiger partial charge in [-0.15, -0.1) is 0 Å². The van der Waals surface area contributed by atoms with Gasteiger partial charge < -0.3 is 14.5 Å². The number of hydrogen-bond donors (Lipinski definition) is 1. The van der Waals surface area contributed by atoms with Crippen molar-refractivity contribution in [3.8, 4) is 11.7 Å². The lowest BCUT2D eigenvalue weighted by molar-refractivity contribution is 0.0921. The zero-order valence-corrected chi connectivity index (χ0v) is 12.6. The van der Waals surface area contributed by atoms with Gasteiger partial charge in [0.25, 0.3) is 11.9 Å². The first-order valence-corrected chi connectivity index (χ1v) is 7.46. The summed E-state index contributed by atoms with van der Waals surface area (Å²) >= 11 is 0. The highest BCUT2D eigenvalue weighted by Gasteiger charge is 2.11. The van der Waals surface area contributed by atoms with Gasteiger partial charge in [0.1, 0.15) is 5.75 Å². The standard InChI is InChI=1S/C19H17NO3/c21-19(20-14-13-15-7-3-1-4-8-15)17-11-12-18(23-17)22-16-9-5-2-6-10-16/h1-12H,13-14H2,(H,20,21). The van der Waals surface area contributed by atoms with E-state index in [2.05, 4.69) is 5.32 Å². The molecular weight excluding hydrogens is 290 g/mol. The fourth-order valence-corrected chi connectivity index (χ4v) is 2.15. The van der Waals surface area contributed by atoms with Crippen molar-refractivity contribution in [1.29, 1.82) is 0 Å². The third kappa shape index (κ3) is 4.23. The normalized spacial score (nSPS) is 10.3. The molecule has 4 nitrogen and oxygen atoms in total. The van der Waals surface area contributed by atoms with E-state index < -0.39 is 0 Å². The van der Waals surface area contributed by atoms with Gasteiger partial charge in [-0.1, -0.05) is 48.5 Å². The molecule has 0 spiro atoms. The molecule has 4 heteroatoms. The Hall–Kier alpha value is -3.01. The van der Waals surface area contributed by atoms with Crippen molar-refractivity contribution in [1.82, 2.24) is 5.32 Å². The molecule has 1 heterocycles. The van der Waals surface area contributed by atoms with Gasteiger partial charge in [-0.05, 0) is 30.2 Å². The van der Waals surface area contributed by atoms with Crippen molar-refractivity contribution in [2.75, 3.05) is 6.54 Å². The summed E-state index contributed by atoms with van der Waals surface area (Å²) in [6.07, 6.45) is 0.778. The average Bonchev–Trinajstić information content (AvgIpc) is 3.05. The summed E-state index contributed by atoms with van der Waals surface area (Å²) in [7, 11) is 0. The van der Waals surface area contributed by atoms with Crippen LogP contribution in [0.15, 0.2) is 77.2 Å². The quantitative estimate of drug-likeness (QED) is 0.747. The Morgan fingerprint density at radius 3 is 2.35 bits per heavy atom. The fourth-order valence-electron chi connectivity index (χ4n) is 2.15. The maximum absolute atomic E-state index is 12.0. The molecular formula is C19H17NO3. The number of ether oxygens (including phenoxy) is 1. The summed E-state index contributed by atoms with van der Waals surface area (Å²) < 4.78 is 11.0. The Morgan fingerprint density at radius 2 is 1.61 bits per heavy atom. The van der Waals surface area contributed by atoms with Crippen molar-refractivity contribution in [2.24, 2.45) is 0 Å². The topological polar surface area (TPSA) is 51.5 Å². The van der Waals surface area contributed by atoms with Crippen molar-refractivity contribution < 1.29 is 13.9 Å². The van der Waals surface area contributed by atoms with E-state index >= 15 is 0 Å². The monoisotopic (exact) mass is 307 g/mol. The van der Waals surface area contributed by atoms with E-state index in [0.29, 0.717) is 18.2 Å². The Bertz CT molecular complexity index is 751. The molecule has 0 aliphatic carbocycles. The van der Waals surface area contributed by atoms with Crippen molar-refractivity contribution in [3.63, 3.8) is 0 Å². The molecule has 3 rings (SSSR count). The van der Waals surface area contributed by atoms with Gasteiger partial charge >= 0.3 is 0 Å². The van der Waals surface area contributed by atoms with Crippen molar-refractivity contribution >= 4 is 5.91 Å².